The molecule has 0 aromatic heterocycles. The highest BCUT2D eigenvalue weighted by Crippen LogP contribution is 2.30. The lowest BCUT2D eigenvalue weighted by Gasteiger charge is -2.34. The Morgan fingerprint density at radius 3 is 2.23 bits per heavy atom. The minimum atomic E-state index is -3.65. The van der Waals surface area contributed by atoms with Gasteiger partial charge < -0.3 is 10.1 Å². The zero-order valence-corrected chi connectivity index (χ0v) is 19.9. The lowest BCUT2D eigenvalue weighted by Crippen LogP contribution is -2.48. The number of nitrogens with one attached hydrogen (secondary N) is 1. The van der Waals surface area contributed by atoms with Crippen LogP contribution in [0.3, 0.4) is 0 Å². The fraction of sp³-hybridized carbons (Fsp3) is 0.435. The van der Waals surface area contributed by atoms with Crippen molar-refractivity contribution >= 4 is 33.2 Å². The quantitative estimate of drug-likeness (QED) is 0.682. The summed E-state index contributed by atoms with van der Waals surface area (Å²) < 4.78 is 33.1. The number of carbonyl (C=O) groups is 1. The van der Waals surface area contributed by atoms with E-state index in [2.05, 4.69) is 5.32 Å². The zero-order chi connectivity index (χ0) is 22.8. The summed E-state index contributed by atoms with van der Waals surface area (Å²) in [5.74, 6) is -0.302. The van der Waals surface area contributed by atoms with Gasteiger partial charge in [-0.15, -0.1) is 0 Å². The van der Waals surface area contributed by atoms with E-state index in [0.717, 1.165) is 23.2 Å². The van der Waals surface area contributed by atoms with Crippen LogP contribution in [0, 0.1) is 0 Å². The number of hydrogen-bond acceptors (Lipinski definition) is 4. The molecule has 0 spiro atoms. The summed E-state index contributed by atoms with van der Waals surface area (Å²) in [6, 6.07) is 9.80. The van der Waals surface area contributed by atoms with Gasteiger partial charge in [0.05, 0.1) is 17.1 Å². The number of benzene rings is 2. The van der Waals surface area contributed by atoms with Crippen molar-refractivity contribution in [2.24, 2.45) is 0 Å². The Kier molecular flexibility index (Phi) is 7.42. The molecule has 0 bridgehead atoms. The minimum Gasteiger partial charge on any atom is -0.373 e. The first-order valence-corrected chi connectivity index (χ1v) is 12.4. The Morgan fingerprint density at radius 2 is 1.68 bits per heavy atom. The fourth-order valence-corrected chi connectivity index (χ4v) is 5.79. The average Bonchev–Trinajstić information content (AvgIpc) is 2.73. The summed E-state index contributed by atoms with van der Waals surface area (Å²) >= 11 is 6.32. The van der Waals surface area contributed by atoms with Gasteiger partial charge in [0.1, 0.15) is 0 Å². The molecule has 31 heavy (non-hydrogen) atoms. The number of amides is 1. The Labute approximate surface area is 189 Å². The molecule has 2 aromatic rings. The van der Waals surface area contributed by atoms with Crippen LogP contribution in [0.15, 0.2) is 41.3 Å². The SMILES string of the molecule is CCc1ccc(Cl)c(CC)c1NC(=O)c1ccc(S(=O)(=O)N2CC(C)OC(C)C2)cc1. The van der Waals surface area contributed by atoms with Gasteiger partial charge in [0.2, 0.25) is 10.0 Å². The van der Waals surface area contributed by atoms with E-state index in [-0.39, 0.29) is 23.0 Å². The fourth-order valence-electron chi connectivity index (χ4n) is 3.91. The van der Waals surface area contributed by atoms with E-state index in [0.29, 0.717) is 30.1 Å². The smallest absolute Gasteiger partial charge is 0.255 e. The molecule has 8 heteroatoms. The van der Waals surface area contributed by atoms with Crippen LogP contribution in [-0.2, 0) is 27.6 Å². The molecule has 1 fully saturated rings. The van der Waals surface area contributed by atoms with Gasteiger partial charge in [-0.25, -0.2) is 8.42 Å². The van der Waals surface area contributed by atoms with Crippen molar-refractivity contribution in [3.63, 3.8) is 0 Å². The molecule has 0 radical (unpaired) electrons. The maximum Gasteiger partial charge on any atom is 0.255 e. The number of hydrogen-bond donors (Lipinski definition) is 1. The van der Waals surface area contributed by atoms with Crippen LogP contribution in [0.25, 0.3) is 0 Å². The van der Waals surface area contributed by atoms with Crippen LogP contribution in [0.4, 0.5) is 5.69 Å². The number of anilines is 1. The van der Waals surface area contributed by atoms with Crippen LogP contribution >= 0.6 is 11.6 Å². The highest BCUT2D eigenvalue weighted by atomic mass is 35.5. The van der Waals surface area contributed by atoms with Gasteiger partial charge in [-0.1, -0.05) is 31.5 Å². The molecule has 1 heterocycles. The first-order valence-electron chi connectivity index (χ1n) is 10.5. The van der Waals surface area contributed by atoms with Gasteiger partial charge in [-0.2, -0.15) is 4.31 Å². The van der Waals surface area contributed by atoms with E-state index < -0.39 is 10.0 Å². The monoisotopic (exact) mass is 464 g/mol. The standard InChI is InChI=1S/C23H29ClN2O4S/c1-5-17-9-12-21(24)20(6-2)22(17)25-23(27)18-7-10-19(11-8-18)31(28,29)26-13-15(3)30-16(4)14-26/h7-12,15-16H,5-6,13-14H2,1-4H3,(H,25,27). The van der Waals surface area contributed by atoms with E-state index in [1.807, 2.05) is 39.8 Å². The zero-order valence-electron chi connectivity index (χ0n) is 18.3. The molecule has 2 atom stereocenters. The van der Waals surface area contributed by atoms with E-state index in [1.165, 1.54) is 28.6 Å². The lowest BCUT2D eigenvalue weighted by atomic mass is 10.0. The van der Waals surface area contributed by atoms with Crippen molar-refractivity contribution in [3.8, 4) is 0 Å². The molecule has 0 aliphatic carbocycles. The van der Waals surface area contributed by atoms with Crippen LogP contribution in [0.1, 0.15) is 49.2 Å². The average molecular weight is 465 g/mol. The van der Waals surface area contributed by atoms with Gasteiger partial charge in [0, 0.05) is 29.4 Å². The second-order valence-electron chi connectivity index (χ2n) is 7.83. The first-order chi connectivity index (χ1) is 14.7. The molecule has 3 rings (SSSR count). The Hall–Kier alpha value is -1.93. The molecule has 1 aliphatic heterocycles. The molecule has 6 nitrogen and oxygen atoms in total. The number of rotatable bonds is 6. The predicted molar refractivity (Wildman–Crippen MR) is 123 cm³/mol. The Morgan fingerprint density at radius 1 is 1.06 bits per heavy atom. The number of nitrogens with zero attached hydrogens (tertiary/aromatic N) is 1. The maximum atomic E-state index is 13.0. The minimum absolute atomic E-state index is 0.164. The van der Waals surface area contributed by atoms with Gasteiger partial charge in [0.15, 0.2) is 0 Å². The molecule has 1 saturated heterocycles. The molecule has 2 aromatic carbocycles. The van der Waals surface area contributed by atoms with Crippen LogP contribution in [-0.4, -0.2) is 43.9 Å². The normalized spacial score (nSPS) is 19.9. The second kappa shape index (κ2) is 9.69. The largest absolute Gasteiger partial charge is 0.373 e. The molecule has 168 valence electrons. The van der Waals surface area contributed by atoms with Gasteiger partial charge in [-0.05, 0) is 68.1 Å². The topological polar surface area (TPSA) is 75.7 Å². The summed E-state index contributed by atoms with van der Waals surface area (Å²) in [5, 5.41) is 3.59. The third-order valence-corrected chi connectivity index (χ3v) is 7.66. The van der Waals surface area contributed by atoms with Gasteiger partial charge in [0.25, 0.3) is 5.91 Å². The molecule has 2 unspecified atom stereocenters. The first kappa shape index (κ1) is 23.7. The second-order valence-corrected chi connectivity index (χ2v) is 10.2. The van der Waals surface area contributed by atoms with E-state index in [9.17, 15) is 13.2 Å². The molecular formula is C23H29ClN2O4S. The Bertz CT molecular complexity index is 1040. The molecule has 1 aliphatic rings. The molecule has 1 amide bonds. The van der Waals surface area contributed by atoms with Crippen LogP contribution < -0.4 is 5.32 Å². The van der Waals surface area contributed by atoms with E-state index in [1.54, 1.807) is 0 Å². The summed E-state index contributed by atoms with van der Waals surface area (Å²) in [6.45, 7) is 8.34. The van der Waals surface area contributed by atoms with Gasteiger partial charge in [-0.3, -0.25) is 4.79 Å². The molecule has 1 N–H and O–H groups in total. The van der Waals surface area contributed by atoms with Crippen molar-refractivity contribution in [1.82, 2.24) is 4.31 Å². The number of ether oxygens (including phenoxy) is 1. The van der Waals surface area contributed by atoms with E-state index >= 15 is 0 Å². The molecule has 0 saturated carbocycles. The summed E-state index contributed by atoms with van der Waals surface area (Å²) in [5.41, 5.74) is 3.01. The summed E-state index contributed by atoms with van der Waals surface area (Å²) in [4.78, 5) is 13.0. The summed E-state index contributed by atoms with van der Waals surface area (Å²) in [7, 11) is -3.65. The van der Waals surface area contributed by atoms with Crippen molar-refractivity contribution in [2.75, 3.05) is 18.4 Å². The number of halogens is 1. The van der Waals surface area contributed by atoms with Crippen molar-refractivity contribution in [2.45, 2.75) is 57.6 Å². The predicted octanol–water partition coefficient (Wildman–Crippen LogP) is 4.52. The van der Waals surface area contributed by atoms with Crippen molar-refractivity contribution < 1.29 is 17.9 Å². The maximum absolute atomic E-state index is 13.0. The Balaban J connectivity index is 1.82. The van der Waals surface area contributed by atoms with E-state index in [4.69, 9.17) is 16.3 Å². The number of morpholine rings is 1. The summed E-state index contributed by atoms with van der Waals surface area (Å²) in [6.07, 6.45) is 1.12. The van der Waals surface area contributed by atoms with Gasteiger partial charge >= 0.3 is 0 Å². The van der Waals surface area contributed by atoms with Crippen molar-refractivity contribution in [3.05, 3.63) is 58.1 Å². The number of aryl methyl sites for hydroxylation is 1. The highest BCUT2D eigenvalue weighted by Gasteiger charge is 2.32. The van der Waals surface area contributed by atoms with Crippen LogP contribution in [0.2, 0.25) is 5.02 Å². The highest BCUT2D eigenvalue weighted by molar-refractivity contribution is 7.89. The lowest BCUT2D eigenvalue weighted by molar-refractivity contribution is -0.0440. The van der Waals surface area contributed by atoms with Crippen molar-refractivity contribution in [1.29, 1.82) is 0 Å². The molecular weight excluding hydrogens is 436 g/mol. The van der Waals surface area contributed by atoms with Crippen LogP contribution in [0.5, 0.6) is 0 Å². The third-order valence-electron chi connectivity index (χ3n) is 5.46. The number of carbonyl (C=O) groups excluding carboxylic acids is 1. The third kappa shape index (κ3) is 5.12. The number of sulfonamides is 1.